The number of benzene rings is 3. The quantitative estimate of drug-likeness (QED) is 0.337. The number of para-hydroxylation sites is 1. The minimum Gasteiger partial charge on any atom is -0.379 e. The SMILES string of the molecule is Cc1ccccc1-n1ncc(C(=O)Nc2ccc(NC(C)c3ccccc3)cc2)c1C(F)(F)F. The highest BCUT2D eigenvalue weighted by Gasteiger charge is 2.40. The van der Waals surface area contributed by atoms with E-state index in [1.165, 1.54) is 6.07 Å². The number of carbonyl (C=O) groups is 1. The smallest absolute Gasteiger partial charge is 0.379 e. The van der Waals surface area contributed by atoms with E-state index in [1.54, 1.807) is 49.4 Å². The fraction of sp³-hybridized carbons (Fsp3) is 0.154. The van der Waals surface area contributed by atoms with Crippen LogP contribution in [0.4, 0.5) is 24.5 Å². The number of amides is 1. The number of nitrogens with zero attached hydrogens (tertiary/aromatic N) is 2. The predicted octanol–water partition coefficient (Wildman–Crippen LogP) is 6.62. The van der Waals surface area contributed by atoms with E-state index in [2.05, 4.69) is 15.7 Å². The van der Waals surface area contributed by atoms with Crippen LogP contribution in [0, 0.1) is 6.92 Å². The largest absolute Gasteiger partial charge is 0.434 e. The van der Waals surface area contributed by atoms with Gasteiger partial charge in [0.05, 0.1) is 17.4 Å². The second-order valence-corrected chi connectivity index (χ2v) is 7.91. The number of aromatic nitrogens is 2. The zero-order valence-corrected chi connectivity index (χ0v) is 18.6. The van der Waals surface area contributed by atoms with Crippen LogP contribution in [-0.4, -0.2) is 15.7 Å². The summed E-state index contributed by atoms with van der Waals surface area (Å²) < 4.78 is 42.5. The van der Waals surface area contributed by atoms with Gasteiger partial charge in [0.2, 0.25) is 0 Å². The number of carbonyl (C=O) groups excluding carboxylic acids is 1. The van der Waals surface area contributed by atoms with Gasteiger partial charge in [-0.05, 0) is 55.3 Å². The summed E-state index contributed by atoms with van der Waals surface area (Å²) in [6.07, 6.45) is -3.82. The Morgan fingerprint density at radius 1 is 0.912 bits per heavy atom. The molecule has 0 bridgehead atoms. The minimum atomic E-state index is -4.77. The van der Waals surface area contributed by atoms with Crippen LogP contribution in [0.25, 0.3) is 5.69 Å². The molecule has 1 atom stereocenters. The Labute approximate surface area is 195 Å². The summed E-state index contributed by atoms with van der Waals surface area (Å²) in [5.41, 5.74) is 1.51. The number of alkyl halides is 3. The second-order valence-electron chi connectivity index (χ2n) is 7.91. The molecule has 1 heterocycles. The Hall–Kier alpha value is -4.07. The van der Waals surface area contributed by atoms with Crippen molar-refractivity contribution in [1.29, 1.82) is 0 Å². The monoisotopic (exact) mass is 464 g/mol. The highest BCUT2D eigenvalue weighted by Crippen LogP contribution is 2.34. The molecule has 0 aliphatic heterocycles. The number of halogens is 3. The van der Waals surface area contributed by atoms with Gasteiger partial charge in [-0.2, -0.15) is 18.3 Å². The zero-order chi connectivity index (χ0) is 24.3. The van der Waals surface area contributed by atoms with Crippen LogP contribution in [0.2, 0.25) is 0 Å². The van der Waals surface area contributed by atoms with E-state index in [0.29, 0.717) is 11.3 Å². The molecule has 1 aromatic heterocycles. The topological polar surface area (TPSA) is 59.0 Å². The zero-order valence-electron chi connectivity index (χ0n) is 18.6. The molecule has 0 spiro atoms. The molecule has 174 valence electrons. The second kappa shape index (κ2) is 9.43. The van der Waals surface area contributed by atoms with Gasteiger partial charge in [0, 0.05) is 17.4 Å². The van der Waals surface area contributed by atoms with Crippen LogP contribution in [0.15, 0.2) is 85.1 Å². The lowest BCUT2D eigenvalue weighted by Crippen LogP contribution is -2.21. The summed E-state index contributed by atoms with van der Waals surface area (Å²) in [6.45, 7) is 3.71. The highest BCUT2D eigenvalue weighted by molar-refractivity contribution is 6.05. The van der Waals surface area contributed by atoms with Crippen molar-refractivity contribution in [2.45, 2.75) is 26.1 Å². The predicted molar refractivity (Wildman–Crippen MR) is 126 cm³/mol. The summed E-state index contributed by atoms with van der Waals surface area (Å²) >= 11 is 0. The lowest BCUT2D eigenvalue weighted by Gasteiger charge is -2.16. The molecular weight excluding hydrogens is 441 g/mol. The minimum absolute atomic E-state index is 0.0586. The number of anilines is 2. The molecule has 4 rings (SSSR count). The summed E-state index contributed by atoms with van der Waals surface area (Å²) in [4.78, 5) is 12.8. The van der Waals surface area contributed by atoms with Crippen molar-refractivity contribution in [2.75, 3.05) is 10.6 Å². The summed E-state index contributed by atoms with van der Waals surface area (Å²) in [7, 11) is 0. The Morgan fingerprint density at radius 2 is 1.53 bits per heavy atom. The fourth-order valence-corrected chi connectivity index (χ4v) is 3.69. The van der Waals surface area contributed by atoms with Crippen LogP contribution in [0.5, 0.6) is 0 Å². The van der Waals surface area contributed by atoms with Gasteiger partial charge in [-0.1, -0.05) is 48.5 Å². The summed E-state index contributed by atoms with van der Waals surface area (Å²) in [5.74, 6) is -0.884. The number of hydrogen-bond acceptors (Lipinski definition) is 3. The van der Waals surface area contributed by atoms with E-state index in [1.807, 2.05) is 37.3 Å². The molecule has 0 saturated carbocycles. The third-order valence-corrected chi connectivity index (χ3v) is 5.45. The van der Waals surface area contributed by atoms with Crippen molar-refractivity contribution >= 4 is 17.3 Å². The number of hydrogen-bond donors (Lipinski definition) is 2. The van der Waals surface area contributed by atoms with Gasteiger partial charge < -0.3 is 10.6 Å². The Balaban J connectivity index is 1.53. The van der Waals surface area contributed by atoms with E-state index in [9.17, 15) is 18.0 Å². The lowest BCUT2D eigenvalue weighted by molar-refractivity contribution is -0.143. The van der Waals surface area contributed by atoms with Gasteiger partial charge >= 0.3 is 6.18 Å². The van der Waals surface area contributed by atoms with Gasteiger partial charge in [-0.3, -0.25) is 4.79 Å². The van der Waals surface area contributed by atoms with E-state index in [0.717, 1.165) is 22.1 Å². The molecule has 2 N–H and O–H groups in total. The maximum atomic E-state index is 13.9. The van der Waals surface area contributed by atoms with Crippen LogP contribution in [0.1, 0.15) is 40.1 Å². The Bertz CT molecular complexity index is 1280. The standard InChI is InChI=1S/C26H23F3N4O/c1-17-8-6-7-11-23(17)33-24(26(27,28)29)22(16-30-33)25(34)32-21-14-12-20(13-15-21)31-18(2)19-9-4-3-5-10-19/h3-16,18,31H,1-2H3,(H,32,34). The van der Waals surface area contributed by atoms with E-state index in [-0.39, 0.29) is 11.7 Å². The first-order valence-corrected chi connectivity index (χ1v) is 10.7. The lowest BCUT2D eigenvalue weighted by atomic mass is 10.1. The van der Waals surface area contributed by atoms with Crippen LogP contribution >= 0.6 is 0 Å². The molecular formula is C26H23F3N4O. The molecule has 5 nitrogen and oxygen atoms in total. The number of aryl methyl sites for hydroxylation is 1. The molecule has 0 aliphatic rings. The Morgan fingerprint density at radius 3 is 2.18 bits per heavy atom. The molecule has 8 heteroatoms. The third kappa shape index (κ3) is 4.96. The van der Waals surface area contributed by atoms with Gasteiger partial charge in [-0.15, -0.1) is 0 Å². The van der Waals surface area contributed by atoms with Crippen molar-refractivity contribution in [3.8, 4) is 5.69 Å². The fourth-order valence-electron chi connectivity index (χ4n) is 3.69. The maximum Gasteiger partial charge on any atom is 0.434 e. The van der Waals surface area contributed by atoms with Crippen molar-refractivity contribution in [3.05, 3.63) is 107 Å². The highest BCUT2D eigenvalue weighted by atomic mass is 19.4. The molecule has 0 aliphatic carbocycles. The average Bonchev–Trinajstić information content (AvgIpc) is 3.27. The molecule has 34 heavy (non-hydrogen) atoms. The van der Waals surface area contributed by atoms with Gasteiger partial charge in [0.25, 0.3) is 5.91 Å². The normalized spacial score (nSPS) is 12.3. The molecule has 4 aromatic rings. The Kier molecular flexibility index (Phi) is 6.40. The first-order chi connectivity index (χ1) is 16.2. The average molecular weight is 464 g/mol. The van der Waals surface area contributed by atoms with Crippen LogP contribution in [0.3, 0.4) is 0 Å². The van der Waals surface area contributed by atoms with E-state index < -0.39 is 23.3 Å². The van der Waals surface area contributed by atoms with Gasteiger partial charge in [0.15, 0.2) is 5.69 Å². The van der Waals surface area contributed by atoms with E-state index in [4.69, 9.17) is 0 Å². The van der Waals surface area contributed by atoms with Gasteiger partial charge in [-0.25, -0.2) is 4.68 Å². The van der Waals surface area contributed by atoms with E-state index >= 15 is 0 Å². The molecule has 0 saturated heterocycles. The van der Waals surface area contributed by atoms with Crippen molar-refractivity contribution in [1.82, 2.24) is 9.78 Å². The summed E-state index contributed by atoms with van der Waals surface area (Å²) in [6, 6.07) is 23.3. The first kappa shape index (κ1) is 23.1. The van der Waals surface area contributed by atoms with Gasteiger partial charge in [0.1, 0.15) is 0 Å². The maximum absolute atomic E-state index is 13.9. The third-order valence-electron chi connectivity index (χ3n) is 5.45. The molecule has 1 unspecified atom stereocenters. The number of rotatable bonds is 6. The molecule has 1 amide bonds. The molecule has 3 aromatic carbocycles. The molecule has 0 radical (unpaired) electrons. The summed E-state index contributed by atoms with van der Waals surface area (Å²) in [5, 5.41) is 9.77. The van der Waals surface area contributed by atoms with Crippen molar-refractivity contribution in [2.24, 2.45) is 0 Å². The number of nitrogens with one attached hydrogen (secondary N) is 2. The van der Waals surface area contributed by atoms with Crippen molar-refractivity contribution < 1.29 is 18.0 Å². The molecule has 0 fully saturated rings. The van der Waals surface area contributed by atoms with Crippen LogP contribution in [-0.2, 0) is 6.18 Å². The first-order valence-electron chi connectivity index (χ1n) is 10.7. The van der Waals surface area contributed by atoms with Crippen LogP contribution < -0.4 is 10.6 Å². The van der Waals surface area contributed by atoms with Crippen molar-refractivity contribution in [3.63, 3.8) is 0 Å².